The maximum atomic E-state index is 12.2. The van der Waals surface area contributed by atoms with E-state index in [2.05, 4.69) is 13.8 Å². The molecule has 0 radical (unpaired) electrons. The lowest BCUT2D eigenvalue weighted by molar-refractivity contribution is -0.145. The average molecular weight is 252 g/mol. The molecule has 4 unspecified atom stereocenters. The normalized spacial score (nSPS) is 35.3. The standard InChI is InChI=1S/C12H23F3N2/c1-8-4-9(2)10(11(16)5-8)6-17(3)7-12(13,14)15/h8-11H,4-7,16H2,1-3H3. The SMILES string of the molecule is CC1CC(C)C(CN(C)CC(F)(F)F)C(N)C1. The van der Waals surface area contributed by atoms with Crippen LogP contribution in [0.5, 0.6) is 0 Å². The van der Waals surface area contributed by atoms with Gasteiger partial charge in [-0.2, -0.15) is 13.2 Å². The van der Waals surface area contributed by atoms with Crippen LogP contribution in [-0.2, 0) is 0 Å². The molecule has 1 fully saturated rings. The maximum absolute atomic E-state index is 12.2. The van der Waals surface area contributed by atoms with Gasteiger partial charge in [0.05, 0.1) is 6.54 Å². The summed E-state index contributed by atoms with van der Waals surface area (Å²) in [6.45, 7) is 3.85. The van der Waals surface area contributed by atoms with Crippen LogP contribution in [0.4, 0.5) is 13.2 Å². The second-order valence-corrected chi connectivity index (χ2v) is 5.69. The molecule has 1 rings (SSSR count). The zero-order valence-corrected chi connectivity index (χ0v) is 10.8. The molecule has 0 saturated heterocycles. The van der Waals surface area contributed by atoms with Crippen molar-refractivity contribution in [3.8, 4) is 0 Å². The Morgan fingerprint density at radius 1 is 1.24 bits per heavy atom. The molecule has 2 nitrogen and oxygen atoms in total. The van der Waals surface area contributed by atoms with Gasteiger partial charge in [-0.1, -0.05) is 13.8 Å². The van der Waals surface area contributed by atoms with Crippen LogP contribution in [0.25, 0.3) is 0 Å². The molecule has 0 aromatic heterocycles. The van der Waals surface area contributed by atoms with Crippen molar-refractivity contribution in [2.75, 3.05) is 20.1 Å². The highest BCUT2D eigenvalue weighted by Gasteiger charge is 2.35. The molecule has 0 amide bonds. The Kier molecular flexibility index (Phi) is 4.84. The van der Waals surface area contributed by atoms with Gasteiger partial charge in [0.2, 0.25) is 0 Å². The summed E-state index contributed by atoms with van der Waals surface area (Å²) in [4.78, 5) is 1.34. The van der Waals surface area contributed by atoms with Gasteiger partial charge in [-0.05, 0) is 37.6 Å². The van der Waals surface area contributed by atoms with E-state index >= 15 is 0 Å². The topological polar surface area (TPSA) is 29.3 Å². The van der Waals surface area contributed by atoms with E-state index in [1.165, 1.54) is 11.9 Å². The Morgan fingerprint density at radius 3 is 2.29 bits per heavy atom. The fourth-order valence-electron chi connectivity index (χ4n) is 3.01. The van der Waals surface area contributed by atoms with E-state index < -0.39 is 12.7 Å². The number of hydrogen-bond acceptors (Lipinski definition) is 2. The van der Waals surface area contributed by atoms with E-state index in [4.69, 9.17) is 5.73 Å². The van der Waals surface area contributed by atoms with Crippen LogP contribution >= 0.6 is 0 Å². The summed E-state index contributed by atoms with van der Waals surface area (Å²) in [6.07, 6.45) is -2.13. The fourth-order valence-corrected chi connectivity index (χ4v) is 3.01. The lowest BCUT2D eigenvalue weighted by Crippen LogP contribution is -2.47. The van der Waals surface area contributed by atoms with Gasteiger partial charge < -0.3 is 5.73 Å². The molecule has 1 aliphatic rings. The Labute approximate surface area is 101 Å². The van der Waals surface area contributed by atoms with E-state index in [0.717, 1.165) is 12.8 Å². The molecule has 102 valence electrons. The molecular formula is C12H23F3N2. The zero-order valence-electron chi connectivity index (χ0n) is 10.8. The van der Waals surface area contributed by atoms with Gasteiger partial charge >= 0.3 is 6.18 Å². The first-order valence-corrected chi connectivity index (χ1v) is 6.20. The van der Waals surface area contributed by atoms with Gasteiger partial charge in [-0.25, -0.2) is 0 Å². The Morgan fingerprint density at radius 2 is 1.82 bits per heavy atom. The third kappa shape index (κ3) is 4.84. The van der Waals surface area contributed by atoms with Gasteiger partial charge in [0.15, 0.2) is 0 Å². The highest BCUT2D eigenvalue weighted by Crippen LogP contribution is 2.33. The number of rotatable bonds is 3. The summed E-state index contributed by atoms with van der Waals surface area (Å²) in [6, 6.07) is 0.0319. The molecule has 1 aliphatic carbocycles. The molecule has 5 heteroatoms. The highest BCUT2D eigenvalue weighted by atomic mass is 19.4. The van der Waals surface area contributed by atoms with Crippen LogP contribution < -0.4 is 5.73 Å². The zero-order chi connectivity index (χ0) is 13.2. The summed E-state index contributed by atoms with van der Waals surface area (Å²) in [5.41, 5.74) is 6.06. The molecule has 1 saturated carbocycles. The monoisotopic (exact) mass is 252 g/mol. The number of nitrogens with zero attached hydrogens (tertiary/aromatic N) is 1. The molecule has 17 heavy (non-hydrogen) atoms. The highest BCUT2D eigenvalue weighted by molar-refractivity contribution is 4.87. The van der Waals surface area contributed by atoms with Crippen molar-refractivity contribution in [2.24, 2.45) is 23.5 Å². The Balaban J connectivity index is 2.49. The summed E-state index contributed by atoms with van der Waals surface area (Å²) in [5.74, 6) is 1.17. The van der Waals surface area contributed by atoms with Crippen molar-refractivity contribution in [1.82, 2.24) is 4.90 Å². The average Bonchev–Trinajstić information content (AvgIpc) is 2.08. The second kappa shape index (κ2) is 5.57. The molecule has 2 N–H and O–H groups in total. The number of halogens is 3. The molecule has 0 heterocycles. The largest absolute Gasteiger partial charge is 0.401 e. The summed E-state index contributed by atoms with van der Waals surface area (Å²) in [5, 5.41) is 0. The first-order valence-electron chi connectivity index (χ1n) is 6.20. The van der Waals surface area contributed by atoms with E-state index in [0.29, 0.717) is 18.4 Å². The fraction of sp³-hybridized carbons (Fsp3) is 1.00. The van der Waals surface area contributed by atoms with Gasteiger partial charge in [0.1, 0.15) is 0 Å². The number of nitrogens with two attached hydrogens (primary N) is 1. The predicted molar refractivity (Wildman–Crippen MR) is 62.6 cm³/mol. The minimum atomic E-state index is -4.12. The maximum Gasteiger partial charge on any atom is 0.401 e. The Hall–Kier alpha value is -0.290. The van der Waals surface area contributed by atoms with Gasteiger partial charge in [0, 0.05) is 12.6 Å². The van der Waals surface area contributed by atoms with Crippen LogP contribution in [0.1, 0.15) is 26.7 Å². The van der Waals surface area contributed by atoms with Gasteiger partial charge in [-0.15, -0.1) is 0 Å². The minimum absolute atomic E-state index is 0.0319. The van der Waals surface area contributed by atoms with Gasteiger partial charge in [0.25, 0.3) is 0 Å². The van der Waals surface area contributed by atoms with Crippen molar-refractivity contribution >= 4 is 0 Å². The van der Waals surface area contributed by atoms with Crippen LogP contribution in [-0.4, -0.2) is 37.3 Å². The van der Waals surface area contributed by atoms with Crippen molar-refractivity contribution in [3.05, 3.63) is 0 Å². The summed E-state index contributed by atoms with van der Waals surface area (Å²) < 4.78 is 36.7. The number of hydrogen-bond donors (Lipinski definition) is 1. The third-order valence-electron chi connectivity index (χ3n) is 3.70. The van der Waals surface area contributed by atoms with Crippen LogP contribution in [0.3, 0.4) is 0 Å². The lowest BCUT2D eigenvalue weighted by atomic mass is 9.72. The van der Waals surface area contributed by atoms with Crippen LogP contribution in [0, 0.1) is 17.8 Å². The van der Waals surface area contributed by atoms with E-state index in [9.17, 15) is 13.2 Å². The van der Waals surface area contributed by atoms with Crippen LogP contribution in [0.15, 0.2) is 0 Å². The van der Waals surface area contributed by atoms with E-state index in [1.807, 2.05) is 0 Å². The minimum Gasteiger partial charge on any atom is -0.327 e. The molecule has 0 aromatic carbocycles. The second-order valence-electron chi connectivity index (χ2n) is 5.69. The Bertz CT molecular complexity index is 230. The summed E-state index contributed by atoms with van der Waals surface area (Å²) >= 11 is 0. The molecule has 4 atom stereocenters. The van der Waals surface area contributed by atoms with E-state index in [-0.39, 0.29) is 12.0 Å². The smallest absolute Gasteiger partial charge is 0.327 e. The predicted octanol–water partition coefficient (Wildman–Crippen LogP) is 2.49. The first kappa shape index (κ1) is 14.8. The molecule has 0 aromatic rings. The summed E-state index contributed by atoms with van der Waals surface area (Å²) in [7, 11) is 1.52. The third-order valence-corrected chi connectivity index (χ3v) is 3.70. The van der Waals surface area contributed by atoms with Crippen LogP contribution in [0.2, 0.25) is 0 Å². The quantitative estimate of drug-likeness (QED) is 0.836. The van der Waals surface area contributed by atoms with E-state index in [1.54, 1.807) is 0 Å². The lowest BCUT2D eigenvalue weighted by Gasteiger charge is -2.39. The number of alkyl halides is 3. The van der Waals surface area contributed by atoms with Gasteiger partial charge in [-0.3, -0.25) is 4.90 Å². The first-order chi connectivity index (χ1) is 7.69. The van der Waals surface area contributed by atoms with Crippen molar-refractivity contribution in [2.45, 2.75) is 38.9 Å². The van der Waals surface area contributed by atoms with Crippen molar-refractivity contribution in [1.29, 1.82) is 0 Å². The molecule has 0 spiro atoms. The molecular weight excluding hydrogens is 229 g/mol. The van der Waals surface area contributed by atoms with Crippen molar-refractivity contribution < 1.29 is 13.2 Å². The molecule has 0 bridgehead atoms. The van der Waals surface area contributed by atoms with Crippen molar-refractivity contribution in [3.63, 3.8) is 0 Å². The molecule has 0 aliphatic heterocycles.